The Balaban J connectivity index is 2.20. The van der Waals surface area contributed by atoms with Gasteiger partial charge in [0.2, 0.25) is 0 Å². The molecule has 1 aliphatic carbocycles. The molecule has 0 amide bonds. The molecule has 0 aromatic heterocycles. The summed E-state index contributed by atoms with van der Waals surface area (Å²) >= 11 is 0. The maximum Gasteiger partial charge on any atom is 0.261 e. The van der Waals surface area contributed by atoms with Crippen molar-refractivity contribution in [3.63, 3.8) is 0 Å². The summed E-state index contributed by atoms with van der Waals surface area (Å²) in [5.41, 5.74) is 0. The van der Waals surface area contributed by atoms with Gasteiger partial charge in [-0.05, 0) is 43.5 Å². The lowest BCUT2D eigenvalue weighted by Gasteiger charge is -2.18. The predicted molar refractivity (Wildman–Crippen MR) is 66.8 cm³/mol. The molecule has 0 aliphatic heterocycles. The summed E-state index contributed by atoms with van der Waals surface area (Å²) in [6, 6.07) is 3.38. The second kappa shape index (κ2) is 5.28. The third kappa shape index (κ3) is 3.23. The first-order valence-electron chi connectivity index (χ1n) is 5.54. The highest BCUT2D eigenvalue weighted by Gasteiger charge is 2.16. The Morgan fingerprint density at radius 2 is 2.17 bits per heavy atom. The number of hydrogen-bond acceptors (Lipinski definition) is 3. The zero-order valence-corrected chi connectivity index (χ0v) is 11.0. The van der Waals surface area contributed by atoms with Crippen molar-refractivity contribution in [1.82, 2.24) is 0 Å². The van der Waals surface area contributed by atoms with Gasteiger partial charge in [0, 0.05) is 10.7 Å². The molecule has 18 heavy (non-hydrogen) atoms. The van der Waals surface area contributed by atoms with E-state index < -0.39 is 14.9 Å². The van der Waals surface area contributed by atoms with Gasteiger partial charge in [-0.1, -0.05) is 6.08 Å². The summed E-state index contributed by atoms with van der Waals surface area (Å²) in [4.78, 5) is -0.270. The molecule has 0 radical (unpaired) electrons. The Morgan fingerprint density at radius 1 is 1.39 bits per heavy atom. The molecule has 0 spiro atoms. The highest BCUT2D eigenvalue weighted by molar-refractivity contribution is 8.13. The molecular weight excluding hydrogens is 279 g/mol. The van der Waals surface area contributed by atoms with Crippen molar-refractivity contribution in [1.29, 1.82) is 0 Å². The van der Waals surface area contributed by atoms with E-state index in [9.17, 15) is 12.8 Å². The topological polar surface area (TPSA) is 43.4 Å². The van der Waals surface area contributed by atoms with Crippen molar-refractivity contribution in [3.8, 4) is 5.75 Å². The quantitative estimate of drug-likeness (QED) is 0.634. The number of hydrogen-bond donors (Lipinski definition) is 0. The zero-order chi connectivity index (χ0) is 13.2. The minimum absolute atomic E-state index is 0.0376. The standard InChI is InChI=1S/C12H12ClFO3S/c13-18(15,16)10-6-7-12(11(14)8-10)17-9-4-2-1-3-5-9/h2,4,6-9H,1,3,5H2. The van der Waals surface area contributed by atoms with Crippen LogP contribution in [0.4, 0.5) is 4.39 Å². The summed E-state index contributed by atoms with van der Waals surface area (Å²) in [6.45, 7) is 0. The van der Waals surface area contributed by atoms with E-state index in [4.69, 9.17) is 15.4 Å². The lowest BCUT2D eigenvalue weighted by atomic mass is 10.1. The average Bonchev–Trinajstić information content (AvgIpc) is 2.32. The van der Waals surface area contributed by atoms with Crippen LogP contribution in [0, 0.1) is 5.82 Å². The molecule has 3 nitrogen and oxygen atoms in total. The normalized spacial score (nSPS) is 19.8. The first kappa shape index (κ1) is 13.4. The van der Waals surface area contributed by atoms with E-state index in [1.54, 1.807) is 0 Å². The molecule has 0 heterocycles. The molecule has 1 aromatic rings. The Morgan fingerprint density at radius 3 is 2.72 bits per heavy atom. The lowest BCUT2D eigenvalue weighted by molar-refractivity contribution is 0.219. The predicted octanol–water partition coefficient (Wildman–Crippen LogP) is 3.24. The number of benzene rings is 1. The second-order valence-corrected chi connectivity index (χ2v) is 6.61. The molecular formula is C12H12ClFO3S. The maximum atomic E-state index is 13.7. The van der Waals surface area contributed by atoms with Crippen molar-refractivity contribution in [2.24, 2.45) is 0 Å². The Hall–Kier alpha value is -1.07. The summed E-state index contributed by atoms with van der Waals surface area (Å²) in [5.74, 6) is -0.689. The van der Waals surface area contributed by atoms with Gasteiger partial charge in [-0.2, -0.15) is 0 Å². The van der Waals surface area contributed by atoms with Crippen LogP contribution in [0.2, 0.25) is 0 Å². The largest absolute Gasteiger partial charge is 0.483 e. The fourth-order valence-corrected chi connectivity index (χ4v) is 2.53. The van der Waals surface area contributed by atoms with Gasteiger partial charge in [-0.25, -0.2) is 12.8 Å². The fraction of sp³-hybridized carbons (Fsp3) is 0.333. The van der Waals surface area contributed by atoms with Crippen LogP contribution in [-0.2, 0) is 9.05 Å². The van der Waals surface area contributed by atoms with Crippen molar-refractivity contribution in [2.75, 3.05) is 0 Å². The number of rotatable bonds is 3. The van der Waals surface area contributed by atoms with Crippen LogP contribution in [0.1, 0.15) is 19.3 Å². The summed E-state index contributed by atoms with van der Waals surface area (Å²) in [6.07, 6.45) is 6.54. The highest BCUT2D eigenvalue weighted by atomic mass is 35.7. The third-order valence-corrected chi connectivity index (χ3v) is 4.02. The van der Waals surface area contributed by atoms with E-state index in [1.807, 2.05) is 12.2 Å². The second-order valence-electron chi connectivity index (χ2n) is 4.05. The van der Waals surface area contributed by atoms with Crippen molar-refractivity contribution in [2.45, 2.75) is 30.3 Å². The summed E-state index contributed by atoms with van der Waals surface area (Å²) in [5, 5.41) is 0. The molecule has 0 saturated carbocycles. The van der Waals surface area contributed by atoms with Crippen molar-refractivity contribution in [3.05, 3.63) is 36.2 Å². The van der Waals surface area contributed by atoms with Crippen LogP contribution in [0.25, 0.3) is 0 Å². The first-order valence-corrected chi connectivity index (χ1v) is 7.85. The molecule has 1 atom stereocenters. The summed E-state index contributed by atoms with van der Waals surface area (Å²) in [7, 11) is 1.22. The Bertz CT molecular complexity index is 569. The van der Waals surface area contributed by atoms with Crippen LogP contribution in [0.3, 0.4) is 0 Å². The van der Waals surface area contributed by atoms with E-state index in [-0.39, 0.29) is 16.7 Å². The van der Waals surface area contributed by atoms with Gasteiger partial charge >= 0.3 is 0 Å². The molecule has 1 aliphatic rings. The number of allylic oxidation sites excluding steroid dienone is 1. The van der Waals surface area contributed by atoms with Crippen LogP contribution in [0.15, 0.2) is 35.2 Å². The highest BCUT2D eigenvalue weighted by Crippen LogP contribution is 2.25. The minimum Gasteiger partial charge on any atom is -0.483 e. The van der Waals surface area contributed by atoms with Crippen LogP contribution in [-0.4, -0.2) is 14.5 Å². The van der Waals surface area contributed by atoms with E-state index >= 15 is 0 Å². The van der Waals surface area contributed by atoms with Crippen molar-refractivity contribution >= 4 is 19.7 Å². The molecule has 0 saturated heterocycles. The molecule has 0 bridgehead atoms. The van der Waals surface area contributed by atoms with Crippen LogP contribution >= 0.6 is 10.7 Å². The molecule has 98 valence electrons. The zero-order valence-electron chi connectivity index (χ0n) is 9.47. The Labute approximate surface area is 110 Å². The SMILES string of the molecule is O=S(=O)(Cl)c1ccc(OC2C=CCCC2)c(F)c1. The molecule has 1 unspecified atom stereocenters. The molecule has 1 aromatic carbocycles. The van der Waals surface area contributed by atoms with E-state index in [1.165, 1.54) is 12.1 Å². The van der Waals surface area contributed by atoms with Gasteiger partial charge in [-0.3, -0.25) is 0 Å². The van der Waals surface area contributed by atoms with E-state index in [2.05, 4.69) is 0 Å². The fourth-order valence-electron chi connectivity index (χ4n) is 1.77. The minimum atomic E-state index is -3.91. The van der Waals surface area contributed by atoms with Gasteiger partial charge < -0.3 is 4.74 Å². The van der Waals surface area contributed by atoms with E-state index in [0.717, 1.165) is 25.3 Å². The van der Waals surface area contributed by atoms with Crippen LogP contribution < -0.4 is 4.74 Å². The van der Waals surface area contributed by atoms with Gasteiger partial charge in [0.05, 0.1) is 4.90 Å². The van der Waals surface area contributed by atoms with Gasteiger partial charge in [0.25, 0.3) is 9.05 Å². The maximum absolute atomic E-state index is 13.7. The molecule has 6 heteroatoms. The Kier molecular flexibility index (Phi) is 3.92. The number of ether oxygens (including phenoxy) is 1. The van der Waals surface area contributed by atoms with E-state index in [0.29, 0.717) is 0 Å². The van der Waals surface area contributed by atoms with Gasteiger partial charge in [0.1, 0.15) is 6.10 Å². The third-order valence-electron chi connectivity index (χ3n) is 2.67. The van der Waals surface area contributed by atoms with Crippen molar-refractivity contribution < 1.29 is 17.5 Å². The molecule has 0 fully saturated rings. The molecule has 0 N–H and O–H groups in total. The monoisotopic (exact) mass is 290 g/mol. The number of halogens is 2. The van der Waals surface area contributed by atoms with Gasteiger partial charge in [0.15, 0.2) is 11.6 Å². The first-order chi connectivity index (χ1) is 8.47. The average molecular weight is 291 g/mol. The van der Waals surface area contributed by atoms with Gasteiger partial charge in [-0.15, -0.1) is 0 Å². The van der Waals surface area contributed by atoms with Crippen LogP contribution in [0.5, 0.6) is 5.75 Å². The lowest BCUT2D eigenvalue weighted by Crippen LogP contribution is -2.16. The smallest absolute Gasteiger partial charge is 0.261 e. The summed E-state index contributed by atoms with van der Waals surface area (Å²) < 4.78 is 41.2. The molecule has 2 rings (SSSR count).